The van der Waals surface area contributed by atoms with Crippen molar-refractivity contribution in [1.82, 2.24) is 5.01 Å². The maximum absolute atomic E-state index is 13.0. The molecule has 7 heteroatoms. The Morgan fingerprint density at radius 2 is 1.71 bits per heavy atom. The number of alkyl halides is 3. The smallest absolute Gasteiger partial charge is 0.416 e. The predicted octanol–water partition coefficient (Wildman–Crippen LogP) is 5.96. The van der Waals surface area contributed by atoms with Crippen LogP contribution in [-0.4, -0.2) is 17.8 Å². The number of para-hydroxylation sites is 1. The first-order chi connectivity index (χ1) is 15.0. The Balaban J connectivity index is 1.59. The summed E-state index contributed by atoms with van der Waals surface area (Å²) >= 11 is 0. The maximum Gasteiger partial charge on any atom is 0.416 e. The number of methoxy groups -OCH3 is 1. The van der Waals surface area contributed by atoms with Crippen molar-refractivity contribution in [1.29, 1.82) is 0 Å². The van der Waals surface area contributed by atoms with Gasteiger partial charge in [-0.1, -0.05) is 54.6 Å². The maximum atomic E-state index is 13.0. The molecule has 5 rings (SSSR count). The molecule has 31 heavy (non-hydrogen) atoms. The van der Waals surface area contributed by atoms with E-state index in [-0.39, 0.29) is 6.04 Å². The lowest BCUT2D eigenvalue weighted by atomic mass is 9.95. The quantitative estimate of drug-likeness (QED) is 0.521. The highest BCUT2D eigenvalue weighted by atomic mass is 19.4. The van der Waals surface area contributed by atoms with Crippen LogP contribution in [0.5, 0.6) is 11.5 Å². The van der Waals surface area contributed by atoms with Crippen LogP contribution in [0.15, 0.2) is 77.9 Å². The van der Waals surface area contributed by atoms with Gasteiger partial charge in [0.25, 0.3) is 0 Å². The summed E-state index contributed by atoms with van der Waals surface area (Å²) in [5.74, 6) is 1.18. The van der Waals surface area contributed by atoms with Crippen molar-refractivity contribution in [3.63, 3.8) is 0 Å². The van der Waals surface area contributed by atoms with E-state index in [9.17, 15) is 13.2 Å². The number of nitrogens with zero attached hydrogens (tertiary/aromatic N) is 2. The zero-order chi connectivity index (χ0) is 21.6. The van der Waals surface area contributed by atoms with Crippen LogP contribution in [0.4, 0.5) is 13.2 Å². The molecular formula is C24H19F3N2O2. The summed E-state index contributed by atoms with van der Waals surface area (Å²) in [6.45, 7) is 0. The highest BCUT2D eigenvalue weighted by molar-refractivity contribution is 6.01. The highest BCUT2D eigenvalue weighted by Gasteiger charge is 2.42. The number of benzene rings is 3. The lowest BCUT2D eigenvalue weighted by Gasteiger charge is -2.38. The average molecular weight is 424 g/mol. The van der Waals surface area contributed by atoms with Crippen LogP contribution >= 0.6 is 0 Å². The third kappa shape index (κ3) is 3.40. The van der Waals surface area contributed by atoms with Gasteiger partial charge in [-0.25, -0.2) is 5.01 Å². The Morgan fingerprint density at radius 3 is 2.39 bits per heavy atom. The Kier molecular flexibility index (Phi) is 4.61. The van der Waals surface area contributed by atoms with Gasteiger partial charge >= 0.3 is 6.18 Å². The number of hydrazone groups is 1. The topological polar surface area (TPSA) is 34.1 Å². The first kappa shape index (κ1) is 19.5. The second-order valence-corrected chi connectivity index (χ2v) is 7.48. The summed E-state index contributed by atoms with van der Waals surface area (Å²) in [6, 6.07) is 20.5. The summed E-state index contributed by atoms with van der Waals surface area (Å²) in [7, 11) is 1.57. The van der Waals surface area contributed by atoms with Crippen molar-refractivity contribution in [3.8, 4) is 11.5 Å². The molecular weight excluding hydrogens is 405 g/mol. The van der Waals surface area contributed by atoms with Crippen molar-refractivity contribution in [2.45, 2.75) is 24.9 Å². The Morgan fingerprint density at radius 1 is 0.968 bits per heavy atom. The van der Waals surface area contributed by atoms with E-state index in [4.69, 9.17) is 14.6 Å². The lowest BCUT2D eigenvalue weighted by Crippen LogP contribution is -2.34. The van der Waals surface area contributed by atoms with Crippen LogP contribution in [0.25, 0.3) is 0 Å². The third-order valence-corrected chi connectivity index (χ3v) is 5.63. The van der Waals surface area contributed by atoms with Crippen molar-refractivity contribution < 1.29 is 22.6 Å². The lowest BCUT2D eigenvalue weighted by molar-refractivity contribution is -0.137. The van der Waals surface area contributed by atoms with Gasteiger partial charge in [0.1, 0.15) is 0 Å². The number of hydrogen-bond donors (Lipinski definition) is 0. The minimum absolute atomic E-state index is 0.110. The van der Waals surface area contributed by atoms with Crippen molar-refractivity contribution >= 4 is 5.71 Å². The van der Waals surface area contributed by atoms with E-state index in [1.807, 2.05) is 53.5 Å². The van der Waals surface area contributed by atoms with Gasteiger partial charge in [0.05, 0.1) is 24.4 Å². The minimum Gasteiger partial charge on any atom is -0.493 e. The monoisotopic (exact) mass is 424 g/mol. The number of ether oxygens (including phenoxy) is 2. The van der Waals surface area contributed by atoms with Crippen LogP contribution in [0.2, 0.25) is 0 Å². The molecule has 0 aromatic heterocycles. The Hall–Kier alpha value is -3.48. The summed E-state index contributed by atoms with van der Waals surface area (Å²) in [6.07, 6.45) is -4.40. The first-order valence-corrected chi connectivity index (χ1v) is 9.87. The standard InChI is InChI=1S/C24H19F3N2O2/c1-30-21-9-5-8-18-20-14-19(15-6-3-2-4-7-15)28-29(20)23(31-22(18)21)16-10-12-17(13-11-16)24(25,26)27/h2-13,20,23H,14H2,1H3. The zero-order valence-electron chi connectivity index (χ0n) is 16.6. The van der Waals surface area contributed by atoms with Crippen LogP contribution in [-0.2, 0) is 6.18 Å². The Labute approximate surface area is 177 Å². The van der Waals surface area contributed by atoms with E-state index in [0.29, 0.717) is 23.5 Å². The minimum atomic E-state index is -4.39. The van der Waals surface area contributed by atoms with E-state index in [1.54, 1.807) is 7.11 Å². The molecule has 4 nitrogen and oxygen atoms in total. The SMILES string of the molecule is COc1cccc2c1OC(c1ccc(C(F)(F)F)cc1)N1N=C(c3ccccc3)CC21. The molecule has 2 unspecified atom stereocenters. The van der Waals surface area contributed by atoms with Gasteiger partial charge in [-0.3, -0.25) is 0 Å². The predicted molar refractivity (Wildman–Crippen MR) is 110 cm³/mol. The van der Waals surface area contributed by atoms with Crippen LogP contribution in [0, 0.1) is 0 Å². The fourth-order valence-electron chi connectivity index (χ4n) is 4.11. The second-order valence-electron chi connectivity index (χ2n) is 7.48. The molecule has 0 bridgehead atoms. The molecule has 0 saturated carbocycles. The van der Waals surface area contributed by atoms with Crippen LogP contribution < -0.4 is 9.47 Å². The van der Waals surface area contributed by atoms with E-state index in [1.165, 1.54) is 12.1 Å². The largest absolute Gasteiger partial charge is 0.493 e. The van der Waals surface area contributed by atoms with E-state index < -0.39 is 18.0 Å². The van der Waals surface area contributed by atoms with Gasteiger partial charge in [-0.05, 0) is 23.8 Å². The molecule has 0 N–H and O–H groups in total. The van der Waals surface area contributed by atoms with Gasteiger partial charge in [-0.15, -0.1) is 0 Å². The van der Waals surface area contributed by atoms with Crippen molar-refractivity contribution in [3.05, 3.63) is 95.1 Å². The Bertz CT molecular complexity index is 1130. The van der Waals surface area contributed by atoms with E-state index >= 15 is 0 Å². The molecule has 3 aromatic carbocycles. The first-order valence-electron chi connectivity index (χ1n) is 9.87. The summed E-state index contributed by atoms with van der Waals surface area (Å²) < 4.78 is 50.9. The van der Waals surface area contributed by atoms with Gasteiger partial charge < -0.3 is 9.47 Å². The number of hydrogen-bond acceptors (Lipinski definition) is 4. The summed E-state index contributed by atoms with van der Waals surface area (Å²) in [5, 5.41) is 6.67. The van der Waals surface area contributed by atoms with Crippen LogP contribution in [0.1, 0.15) is 40.9 Å². The third-order valence-electron chi connectivity index (χ3n) is 5.63. The normalized spacial score (nSPS) is 19.9. The molecule has 2 aliphatic heterocycles. The van der Waals surface area contributed by atoms with Gasteiger partial charge in [-0.2, -0.15) is 18.3 Å². The van der Waals surface area contributed by atoms with Crippen molar-refractivity contribution in [2.75, 3.05) is 7.11 Å². The second kappa shape index (κ2) is 7.34. The summed E-state index contributed by atoms with van der Waals surface area (Å²) in [5.41, 5.74) is 2.75. The molecule has 0 radical (unpaired) electrons. The van der Waals surface area contributed by atoms with E-state index in [2.05, 4.69) is 0 Å². The van der Waals surface area contributed by atoms with Crippen LogP contribution in [0.3, 0.4) is 0 Å². The molecule has 0 amide bonds. The molecule has 0 saturated heterocycles. The average Bonchev–Trinajstić information content (AvgIpc) is 3.24. The molecule has 158 valence electrons. The zero-order valence-corrected chi connectivity index (χ0v) is 16.6. The highest BCUT2D eigenvalue weighted by Crippen LogP contribution is 2.50. The molecule has 0 fully saturated rings. The number of rotatable bonds is 3. The fourth-order valence-corrected chi connectivity index (χ4v) is 4.11. The van der Waals surface area contributed by atoms with Gasteiger partial charge in [0.2, 0.25) is 6.23 Å². The fraction of sp³-hybridized carbons (Fsp3) is 0.208. The molecule has 0 aliphatic carbocycles. The summed E-state index contributed by atoms with van der Waals surface area (Å²) in [4.78, 5) is 0. The van der Waals surface area contributed by atoms with Crippen molar-refractivity contribution in [2.24, 2.45) is 5.10 Å². The molecule has 2 atom stereocenters. The molecule has 0 spiro atoms. The number of fused-ring (bicyclic) bond motifs is 3. The molecule has 2 heterocycles. The molecule has 3 aromatic rings. The number of halogens is 3. The molecule has 2 aliphatic rings. The van der Waals surface area contributed by atoms with Gasteiger partial charge in [0.15, 0.2) is 11.5 Å². The van der Waals surface area contributed by atoms with E-state index in [0.717, 1.165) is 29.0 Å². The van der Waals surface area contributed by atoms with Gasteiger partial charge in [0, 0.05) is 17.5 Å².